The van der Waals surface area contributed by atoms with Gasteiger partial charge in [-0.15, -0.1) is 13.2 Å². The lowest BCUT2D eigenvalue weighted by Crippen LogP contribution is -2.10. The highest BCUT2D eigenvalue weighted by Gasteiger charge is 2.19. The Balaban J connectivity index is 1.71. The Bertz CT molecular complexity index is 1340. The summed E-state index contributed by atoms with van der Waals surface area (Å²) in [5, 5.41) is 0. The van der Waals surface area contributed by atoms with Crippen LogP contribution in [0.25, 0.3) is 0 Å². The van der Waals surface area contributed by atoms with E-state index in [0.29, 0.717) is 26.1 Å². The van der Waals surface area contributed by atoms with E-state index in [9.17, 15) is 4.79 Å². The maximum Gasteiger partial charge on any atom is 0.193 e. The molecule has 3 heteroatoms. The largest absolute Gasteiger partial charge is 0.494 e. The highest BCUT2D eigenvalue weighted by Crippen LogP contribution is 2.26. The number of carbonyl (C=O) groups is 1. The molecular formula is C37H38O3. The molecule has 204 valence electrons. The van der Waals surface area contributed by atoms with Crippen LogP contribution in [0.1, 0.15) is 63.1 Å². The molecule has 0 aliphatic rings. The van der Waals surface area contributed by atoms with Crippen LogP contribution in [0.3, 0.4) is 0 Å². The van der Waals surface area contributed by atoms with Crippen molar-refractivity contribution < 1.29 is 14.3 Å². The predicted octanol–water partition coefficient (Wildman–Crippen LogP) is 8.35. The number of hydrogen-bond acceptors (Lipinski definition) is 3. The molecule has 3 nitrogen and oxygen atoms in total. The van der Waals surface area contributed by atoms with Gasteiger partial charge < -0.3 is 9.47 Å². The molecule has 0 fully saturated rings. The van der Waals surface area contributed by atoms with Crippen LogP contribution in [-0.4, -0.2) is 19.0 Å². The van der Waals surface area contributed by atoms with E-state index in [0.717, 1.165) is 68.8 Å². The Morgan fingerprint density at radius 2 is 0.975 bits per heavy atom. The normalized spacial score (nSPS) is 10.7. The first-order chi connectivity index (χ1) is 19.5. The van der Waals surface area contributed by atoms with Gasteiger partial charge in [-0.1, -0.05) is 72.8 Å². The lowest BCUT2D eigenvalue weighted by atomic mass is 9.88. The summed E-state index contributed by atoms with van der Waals surface area (Å²) in [6.45, 7) is 13.0. The number of allylic oxidation sites excluding steroid dienone is 2. The Labute approximate surface area is 238 Å². The summed E-state index contributed by atoms with van der Waals surface area (Å²) in [5.41, 5.74) is 8.02. The zero-order valence-corrected chi connectivity index (χ0v) is 23.6. The molecule has 0 N–H and O–H groups in total. The van der Waals surface area contributed by atoms with Crippen molar-refractivity contribution >= 4 is 5.78 Å². The Kier molecular flexibility index (Phi) is 10.1. The second-order valence-electron chi connectivity index (χ2n) is 9.81. The molecule has 0 radical (unpaired) electrons. The van der Waals surface area contributed by atoms with Crippen LogP contribution in [0.15, 0.2) is 110 Å². The fourth-order valence-corrected chi connectivity index (χ4v) is 4.94. The first-order valence-electron chi connectivity index (χ1n) is 14.0. The molecule has 0 saturated heterocycles. The lowest BCUT2D eigenvalue weighted by Gasteiger charge is -2.15. The van der Waals surface area contributed by atoms with Crippen LogP contribution in [0.2, 0.25) is 0 Å². The van der Waals surface area contributed by atoms with Gasteiger partial charge in [0.25, 0.3) is 0 Å². The van der Waals surface area contributed by atoms with Crippen molar-refractivity contribution in [3.63, 3.8) is 0 Å². The molecule has 0 unspecified atom stereocenters. The van der Waals surface area contributed by atoms with Crippen molar-refractivity contribution in [3.8, 4) is 11.5 Å². The van der Waals surface area contributed by atoms with Gasteiger partial charge >= 0.3 is 0 Å². The van der Waals surface area contributed by atoms with Gasteiger partial charge in [0, 0.05) is 11.1 Å². The molecule has 0 saturated carbocycles. The quantitative estimate of drug-likeness (QED) is 0.121. The molecule has 40 heavy (non-hydrogen) atoms. The van der Waals surface area contributed by atoms with E-state index in [4.69, 9.17) is 9.47 Å². The minimum atomic E-state index is 0.0391. The second kappa shape index (κ2) is 14.1. The summed E-state index contributed by atoms with van der Waals surface area (Å²) in [6, 6.07) is 28.5. The minimum Gasteiger partial charge on any atom is -0.494 e. The van der Waals surface area contributed by atoms with Gasteiger partial charge in [-0.2, -0.15) is 0 Å². The van der Waals surface area contributed by atoms with Gasteiger partial charge in [-0.05, 0) is 97.2 Å². The van der Waals surface area contributed by atoms with Crippen molar-refractivity contribution in [2.24, 2.45) is 0 Å². The van der Waals surface area contributed by atoms with E-state index in [1.807, 2.05) is 74.5 Å². The number of hydrogen-bond donors (Lipinski definition) is 0. The number of ether oxygens (including phenoxy) is 2. The molecule has 0 aliphatic carbocycles. The van der Waals surface area contributed by atoms with Crippen molar-refractivity contribution in [2.45, 2.75) is 39.5 Å². The highest BCUT2D eigenvalue weighted by molar-refractivity contribution is 6.11. The van der Waals surface area contributed by atoms with Gasteiger partial charge in [-0.25, -0.2) is 0 Å². The summed E-state index contributed by atoms with van der Waals surface area (Å²) in [5.74, 6) is 1.74. The molecule has 4 aromatic rings. The van der Waals surface area contributed by atoms with E-state index in [1.54, 1.807) is 0 Å². The lowest BCUT2D eigenvalue weighted by molar-refractivity contribution is 0.103. The molecule has 4 rings (SSSR count). The fraction of sp³-hybridized carbons (Fsp3) is 0.216. The van der Waals surface area contributed by atoms with Crippen LogP contribution < -0.4 is 9.47 Å². The smallest absolute Gasteiger partial charge is 0.193 e. The molecule has 0 atom stereocenters. The molecule has 0 aliphatic heterocycles. The number of ketones is 1. The van der Waals surface area contributed by atoms with Gasteiger partial charge in [0.15, 0.2) is 5.78 Å². The maximum atomic E-state index is 14.2. The number of rotatable bonds is 14. The van der Waals surface area contributed by atoms with Gasteiger partial charge in [-0.3, -0.25) is 4.79 Å². The second-order valence-corrected chi connectivity index (χ2v) is 9.81. The monoisotopic (exact) mass is 530 g/mol. The Morgan fingerprint density at radius 3 is 1.32 bits per heavy atom. The van der Waals surface area contributed by atoms with E-state index in [2.05, 4.69) is 49.6 Å². The minimum absolute atomic E-state index is 0.0391. The summed E-state index contributed by atoms with van der Waals surface area (Å²) in [7, 11) is 0. The summed E-state index contributed by atoms with van der Waals surface area (Å²) < 4.78 is 11.2. The number of carbonyl (C=O) groups excluding carboxylic acids is 1. The Morgan fingerprint density at radius 1 is 0.600 bits per heavy atom. The van der Waals surface area contributed by atoms with Gasteiger partial charge in [0.1, 0.15) is 11.5 Å². The van der Waals surface area contributed by atoms with E-state index < -0.39 is 0 Å². The summed E-state index contributed by atoms with van der Waals surface area (Å²) in [6.07, 6.45) is 6.60. The zero-order valence-electron chi connectivity index (χ0n) is 23.6. The summed E-state index contributed by atoms with van der Waals surface area (Å²) in [4.78, 5) is 14.2. The van der Waals surface area contributed by atoms with E-state index in [1.165, 1.54) is 0 Å². The molecule has 0 bridgehead atoms. The third kappa shape index (κ3) is 7.39. The molecule has 0 heterocycles. The standard InChI is InChI=1S/C37H38O3/c1-5-9-27-15-21-35(31(23-27)25-29-11-17-33(18-12-29)39-7-3)37(38)36-22-16-28(10-6-2)24-32(36)26-30-13-19-34(20-14-30)40-8-4/h5-6,11-24H,1-2,7-10,25-26H2,3-4H3. The van der Waals surface area contributed by atoms with E-state index in [-0.39, 0.29) is 5.78 Å². The molecule has 0 aromatic heterocycles. The topological polar surface area (TPSA) is 35.5 Å². The van der Waals surface area contributed by atoms with Crippen LogP contribution in [0.4, 0.5) is 0 Å². The molecule has 0 amide bonds. The molecular weight excluding hydrogens is 492 g/mol. The third-order valence-electron chi connectivity index (χ3n) is 6.85. The Hall–Kier alpha value is -4.37. The highest BCUT2D eigenvalue weighted by atomic mass is 16.5. The molecule has 4 aromatic carbocycles. The van der Waals surface area contributed by atoms with Gasteiger partial charge in [0.05, 0.1) is 13.2 Å². The van der Waals surface area contributed by atoms with E-state index >= 15 is 0 Å². The predicted molar refractivity (Wildman–Crippen MR) is 165 cm³/mol. The van der Waals surface area contributed by atoms with Crippen LogP contribution in [0.5, 0.6) is 11.5 Å². The van der Waals surface area contributed by atoms with Gasteiger partial charge in [0.2, 0.25) is 0 Å². The van der Waals surface area contributed by atoms with Crippen molar-refractivity contribution in [1.82, 2.24) is 0 Å². The summed E-state index contributed by atoms with van der Waals surface area (Å²) >= 11 is 0. The van der Waals surface area contributed by atoms with Crippen LogP contribution in [0, 0.1) is 0 Å². The van der Waals surface area contributed by atoms with Crippen LogP contribution in [-0.2, 0) is 25.7 Å². The SMILES string of the molecule is C=CCc1ccc(C(=O)c2ccc(CC=C)cc2Cc2ccc(OCC)cc2)c(Cc2ccc(OCC)cc2)c1. The zero-order chi connectivity index (χ0) is 28.3. The first-order valence-corrected chi connectivity index (χ1v) is 14.0. The number of benzene rings is 4. The third-order valence-corrected chi connectivity index (χ3v) is 6.85. The van der Waals surface area contributed by atoms with Crippen molar-refractivity contribution in [3.05, 3.63) is 155 Å². The maximum absolute atomic E-state index is 14.2. The van der Waals surface area contributed by atoms with Crippen LogP contribution >= 0.6 is 0 Å². The average molecular weight is 531 g/mol. The molecule has 0 spiro atoms. The van der Waals surface area contributed by atoms with Crippen molar-refractivity contribution in [1.29, 1.82) is 0 Å². The van der Waals surface area contributed by atoms with Crippen molar-refractivity contribution in [2.75, 3.05) is 13.2 Å². The fourth-order valence-electron chi connectivity index (χ4n) is 4.94. The average Bonchev–Trinajstić information content (AvgIpc) is 2.96. The first kappa shape index (κ1) is 28.6.